The van der Waals surface area contributed by atoms with Crippen molar-refractivity contribution in [2.45, 2.75) is 32.5 Å². The molecule has 0 amide bonds. The monoisotopic (exact) mass is 226 g/mol. The Balaban J connectivity index is 3.28. The zero-order valence-electron chi connectivity index (χ0n) is 8.11. The minimum absolute atomic E-state index is 0.457. The van der Waals surface area contributed by atoms with Gasteiger partial charge in [-0.25, -0.2) is 0 Å². The summed E-state index contributed by atoms with van der Waals surface area (Å²) in [7, 11) is 0. The highest BCUT2D eigenvalue weighted by Gasteiger charge is 2.07. The standard InChI is InChI=1S/C11H15Br/c1-7-5-8(2)11(10(4)12)9(3)6-7/h5-6,10H,1-4H3. The molecule has 0 aliphatic rings. The van der Waals surface area contributed by atoms with E-state index in [4.69, 9.17) is 0 Å². The summed E-state index contributed by atoms with van der Waals surface area (Å²) < 4.78 is 0. The maximum Gasteiger partial charge on any atom is 0.0372 e. The molecule has 0 spiro atoms. The van der Waals surface area contributed by atoms with Gasteiger partial charge in [-0.3, -0.25) is 0 Å². The van der Waals surface area contributed by atoms with Crippen LogP contribution in [0.25, 0.3) is 0 Å². The van der Waals surface area contributed by atoms with Crippen molar-refractivity contribution in [3.05, 3.63) is 34.4 Å². The van der Waals surface area contributed by atoms with Gasteiger partial charge in [-0.05, 0) is 44.4 Å². The van der Waals surface area contributed by atoms with Gasteiger partial charge in [0.05, 0.1) is 0 Å². The number of alkyl halides is 1. The molecule has 0 aliphatic carbocycles. The zero-order valence-corrected chi connectivity index (χ0v) is 9.70. The van der Waals surface area contributed by atoms with Crippen LogP contribution in [-0.4, -0.2) is 0 Å². The molecule has 0 heterocycles. The van der Waals surface area contributed by atoms with Crippen molar-refractivity contribution < 1.29 is 0 Å². The summed E-state index contributed by atoms with van der Waals surface area (Å²) in [5.74, 6) is 0. The van der Waals surface area contributed by atoms with Gasteiger partial charge in [0.2, 0.25) is 0 Å². The third-order valence-corrected chi connectivity index (χ3v) is 2.59. The van der Waals surface area contributed by atoms with Gasteiger partial charge >= 0.3 is 0 Å². The largest absolute Gasteiger partial charge is 0.0842 e. The van der Waals surface area contributed by atoms with E-state index in [2.05, 4.69) is 55.8 Å². The van der Waals surface area contributed by atoms with E-state index in [0.29, 0.717) is 4.83 Å². The van der Waals surface area contributed by atoms with Gasteiger partial charge in [-0.2, -0.15) is 0 Å². The van der Waals surface area contributed by atoms with Crippen LogP contribution in [0.1, 0.15) is 34.0 Å². The van der Waals surface area contributed by atoms with Crippen LogP contribution in [0, 0.1) is 20.8 Å². The summed E-state index contributed by atoms with van der Waals surface area (Å²) in [6.07, 6.45) is 0. The molecule has 1 aromatic rings. The number of hydrogen-bond donors (Lipinski definition) is 0. The van der Waals surface area contributed by atoms with Crippen LogP contribution in [0.5, 0.6) is 0 Å². The number of rotatable bonds is 1. The molecule has 0 N–H and O–H groups in total. The molecule has 1 aromatic carbocycles. The second-order valence-electron chi connectivity index (χ2n) is 3.43. The van der Waals surface area contributed by atoms with E-state index in [1.165, 1.54) is 22.3 Å². The molecular formula is C11H15Br. The molecule has 66 valence electrons. The molecule has 0 radical (unpaired) electrons. The normalized spacial score (nSPS) is 13.1. The van der Waals surface area contributed by atoms with E-state index in [9.17, 15) is 0 Å². The van der Waals surface area contributed by atoms with E-state index in [-0.39, 0.29) is 0 Å². The summed E-state index contributed by atoms with van der Waals surface area (Å²) in [6, 6.07) is 4.47. The van der Waals surface area contributed by atoms with Gasteiger partial charge in [0.1, 0.15) is 0 Å². The first-order valence-corrected chi connectivity index (χ1v) is 5.15. The number of benzene rings is 1. The number of aryl methyl sites for hydroxylation is 3. The average molecular weight is 227 g/mol. The molecule has 0 saturated carbocycles. The van der Waals surface area contributed by atoms with Gasteiger partial charge in [0.15, 0.2) is 0 Å². The van der Waals surface area contributed by atoms with Crippen molar-refractivity contribution >= 4 is 15.9 Å². The molecule has 1 unspecified atom stereocenters. The minimum atomic E-state index is 0.457. The number of hydrogen-bond acceptors (Lipinski definition) is 0. The lowest BCUT2D eigenvalue weighted by atomic mass is 9.98. The highest BCUT2D eigenvalue weighted by atomic mass is 79.9. The lowest BCUT2D eigenvalue weighted by Gasteiger charge is -2.12. The molecule has 0 aliphatic heterocycles. The molecule has 0 nitrogen and oxygen atoms in total. The van der Waals surface area contributed by atoms with Crippen molar-refractivity contribution in [3.8, 4) is 0 Å². The second kappa shape index (κ2) is 3.61. The first kappa shape index (κ1) is 9.79. The van der Waals surface area contributed by atoms with Crippen molar-refractivity contribution in [2.75, 3.05) is 0 Å². The highest BCUT2D eigenvalue weighted by Crippen LogP contribution is 2.28. The van der Waals surface area contributed by atoms with Crippen LogP contribution in [0.4, 0.5) is 0 Å². The molecule has 0 aromatic heterocycles. The van der Waals surface area contributed by atoms with E-state index >= 15 is 0 Å². The summed E-state index contributed by atoms with van der Waals surface area (Å²) in [5, 5.41) is 0. The molecular weight excluding hydrogens is 212 g/mol. The minimum Gasteiger partial charge on any atom is -0.0842 e. The van der Waals surface area contributed by atoms with Crippen molar-refractivity contribution in [2.24, 2.45) is 0 Å². The Morgan fingerprint density at radius 2 is 1.50 bits per heavy atom. The maximum absolute atomic E-state index is 3.61. The lowest BCUT2D eigenvalue weighted by molar-refractivity contribution is 1.06. The van der Waals surface area contributed by atoms with Gasteiger partial charge < -0.3 is 0 Å². The van der Waals surface area contributed by atoms with Crippen LogP contribution in [0.3, 0.4) is 0 Å². The second-order valence-corrected chi connectivity index (χ2v) is 4.80. The molecule has 1 rings (SSSR count). The van der Waals surface area contributed by atoms with Gasteiger partial charge in [0, 0.05) is 4.83 Å². The smallest absolute Gasteiger partial charge is 0.0372 e. The summed E-state index contributed by atoms with van der Waals surface area (Å²) in [5.41, 5.74) is 5.55. The predicted octanol–water partition coefficient (Wildman–Crippen LogP) is 4.07. The Morgan fingerprint density at radius 3 is 1.83 bits per heavy atom. The van der Waals surface area contributed by atoms with Gasteiger partial charge in [-0.15, -0.1) is 0 Å². The summed E-state index contributed by atoms with van der Waals surface area (Å²) in [6.45, 7) is 8.66. The Labute approximate surface area is 83.1 Å². The average Bonchev–Trinajstić information content (AvgIpc) is 1.82. The molecule has 12 heavy (non-hydrogen) atoms. The first-order chi connectivity index (χ1) is 5.52. The maximum atomic E-state index is 3.61. The van der Waals surface area contributed by atoms with Crippen LogP contribution in [-0.2, 0) is 0 Å². The Morgan fingerprint density at radius 1 is 1.08 bits per heavy atom. The lowest BCUT2D eigenvalue weighted by Crippen LogP contribution is -1.94. The topological polar surface area (TPSA) is 0 Å². The Bertz CT molecular complexity index is 264. The Kier molecular flexibility index (Phi) is 2.94. The molecule has 1 heteroatoms. The molecule has 0 fully saturated rings. The molecule has 0 bridgehead atoms. The summed E-state index contributed by atoms with van der Waals surface area (Å²) >= 11 is 3.61. The quantitative estimate of drug-likeness (QED) is 0.634. The van der Waals surface area contributed by atoms with Crippen LogP contribution < -0.4 is 0 Å². The highest BCUT2D eigenvalue weighted by molar-refractivity contribution is 9.09. The van der Waals surface area contributed by atoms with E-state index in [1.807, 2.05) is 0 Å². The SMILES string of the molecule is Cc1cc(C)c(C(C)Br)c(C)c1. The Hall–Kier alpha value is -0.300. The van der Waals surface area contributed by atoms with Crippen LogP contribution in [0.2, 0.25) is 0 Å². The number of halogens is 1. The zero-order chi connectivity index (χ0) is 9.30. The van der Waals surface area contributed by atoms with Crippen molar-refractivity contribution in [1.29, 1.82) is 0 Å². The third kappa shape index (κ3) is 1.89. The van der Waals surface area contributed by atoms with E-state index < -0.39 is 0 Å². The van der Waals surface area contributed by atoms with Crippen LogP contribution in [0.15, 0.2) is 12.1 Å². The van der Waals surface area contributed by atoms with E-state index in [1.54, 1.807) is 0 Å². The van der Waals surface area contributed by atoms with Crippen molar-refractivity contribution in [1.82, 2.24) is 0 Å². The van der Waals surface area contributed by atoms with Gasteiger partial charge in [-0.1, -0.05) is 33.6 Å². The van der Waals surface area contributed by atoms with Gasteiger partial charge in [0.25, 0.3) is 0 Å². The predicted molar refractivity (Wildman–Crippen MR) is 58.0 cm³/mol. The summed E-state index contributed by atoms with van der Waals surface area (Å²) in [4.78, 5) is 0.457. The van der Waals surface area contributed by atoms with E-state index in [0.717, 1.165) is 0 Å². The molecule has 0 saturated heterocycles. The fourth-order valence-electron chi connectivity index (χ4n) is 1.82. The fourth-order valence-corrected chi connectivity index (χ4v) is 2.54. The van der Waals surface area contributed by atoms with Crippen LogP contribution >= 0.6 is 15.9 Å². The third-order valence-electron chi connectivity index (χ3n) is 2.14. The molecule has 1 atom stereocenters. The van der Waals surface area contributed by atoms with Crippen molar-refractivity contribution in [3.63, 3.8) is 0 Å². The first-order valence-electron chi connectivity index (χ1n) is 4.24. The fraction of sp³-hybridized carbons (Fsp3) is 0.455.